The monoisotopic (exact) mass is 305 g/mol. The van der Waals surface area contributed by atoms with Crippen LogP contribution in [0.3, 0.4) is 0 Å². The van der Waals surface area contributed by atoms with Gasteiger partial charge in [-0.3, -0.25) is 5.41 Å². The lowest BCUT2D eigenvalue weighted by Gasteiger charge is -2.07. The first kappa shape index (κ1) is 14.9. The number of nitrogen functional groups attached to an aromatic ring is 1. The van der Waals surface area contributed by atoms with Gasteiger partial charge in [-0.25, -0.2) is 4.98 Å². The molecule has 1 heterocycles. The van der Waals surface area contributed by atoms with Gasteiger partial charge in [0.15, 0.2) is 0 Å². The Bertz CT molecular complexity index is 635. The predicted molar refractivity (Wildman–Crippen MR) is 85.7 cm³/mol. The van der Waals surface area contributed by atoms with E-state index in [1.807, 2.05) is 19.1 Å². The number of halogens is 1. The Morgan fingerprint density at radius 2 is 2.05 bits per heavy atom. The van der Waals surface area contributed by atoms with Crippen molar-refractivity contribution in [3.63, 3.8) is 0 Å². The third kappa shape index (κ3) is 3.74. The molecular weight excluding hydrogens is 290 g/mol. The SMILES string of the molecule is Cc1cc(C)nc(SCc2ccc(C(=N)N)cc2Cl)c1. The van der Waals surface area contributed by atoms with Gasteiger partial charge in [-0.1, -0.05) is 23.7 Å². The minimum Gasteiger partial charge on any atom is -0.384 e. The van der Waals surface area contributed by atoms with Gasteiger partial charge in [-0.05, 0) is 43.2 Å². The van der Waals surface area contributed by atoms with Gasteiger partial charge in [0, 0.05) is 22.0 Å². The van der Waals surface area contributed by atoms with Crippen LogP contribution in [-0.4, -0.2) is 10.8 Å². The van der Waals surface area contributed by atoms with Crippen LogP contribution in [0, 0.1) is 19.3 Å². The number of amidine groups is 1. The van der Waals surface area contributed by atoms with Gasteiger partial charge in [0.25, 0.3) is 0 Å². The summed E-state index contributed by atoms with van der Waals surface area (Å²) in [6.45, 7) is 4.05. The summed E-state index contributed by atoms with van der Waals surface area (Å²) < 4.78 is 0. The maximum absolute atomic E-state index is 7.39. The number of hydrogen-bond donors (Lipinski definition) is 2. The minimum atomic E-state index is 0.0297. The fraction of sp³-hybridized carbons (Fsp3) is 0.200. The van der Waals surface area contributed by atoms with Crippen LogP contribution in [0.1, 0.15) is 22.4 Å². The number of hydrogen-bond acceptors (Lipinski definition) is 3. The first-order valence-corrected chi connectivity index (χ1v) is 7.53. The lowest BCUT2D eigenvalue weighted by Crippen LogP contribution is -2.10. The van der Waals surface area contributed by atoms with E-state index < -0.39 is 0 Å². The molecule has 3 nitrogen and oxygen atoms in total. The van der Waals surface area contributed by atoms with Gasteiger partial charge >= 0.3 is 0 Å². The molecule has 0 spiro atoms. The molecule has 5 heteroatoms. The number of nitrogens with one attached hydrogen (secondary N) is 1. The third-order valence-corrected chi connectivity index (χ3v) is 4.13. The smallest absolute Gasteiger partial charge is 0.122 e. The second kappa shape index (κ2) is 6.29. The van der Waals surface area contributed by atoms with Crippen LogP contribution in [0.15, 0.2) is 35.4 Å². The molecule has 0 bridgehead atoms. The summed E-state index contributed by atoms with van der Waals surface area (Å²) in [6.07, 6.45) is 0. The second-order valence-corrected chi connectivity index (χ2v) is 6.04. The van der Waals surface area contributed by atoms with Crippen molar-refractivity contribution in [1.29, 1.82) is 5.41 Å². The lowest BCUT2D eigenvalue weighted by atomic mass is 10.1. The van der Waals surface area contributed by atoms with Crippen molar-refractivity contribution in [2.45, 2.75) is 24.6 Å². The van der Waals surface area contributed by atoms with Gasteiger partial charge in [0.1, 0.15) is 5.84 Å². The van der Waals surface area contributed by atoms with Crippen LogP contribution in [0.2, 0.25) is 5.02 Å². The van der Waals surface area contributed by atoms with Crippen LogP contribution >= 0.6 is 23.4 Å². The van der Waals surface area contributed by atoms with Gasteiger partial charge in [-0.15, -0.1) is 11.8 Å². The average molecular weight is 306 g/mol. The van der Waals surface area contributed by atoms with Crippen molar-refractivity contribution in [2.75, 3.05) is 0 Å². The molecule has 0 atom stereocenters. The molecule has 1 aromatic carbocycles. The molecule has 2 rings (SSSR count). The predicted octanol–water partition coefficient (Wildman–Crippen LogP) is 3.93. The zero-order valence-electron chi connectivity index (χ0n) is 11.4. The summed E-state index contributed by atoms with van der Waals surface area (Å²) in [5.74, 6) is 0.773. The van der Waals surface area contributed by atoms with Crippen molar-refractivity contribution in [3.05, 3.63) is 57.7 Å². The molecule has 0 aliphatic heterocycles. The number of thioether (sulfide) groups is 1. The zero-order chi connectivity index (χ0) is 14.7. The standard InChI is InChI=1S/C15H16ClN3S/c1-9-5-10(2)19-14(6-9)20-8-12-4-3-11(15(17)18)7-13(12)16/h3-7H,8H2,1-2H3,(H3,17,18). The average Bonchev–Trinajstić information content (AvgIpc) is 2.36. The molecule has 0 saturated carbocycles. The van der Waals surface area contributed by atoms with Crippen molar-refractivity contribution in [2.24, 2.45) is 5.73 Å². The topological polar surface area (TPSA) is 62.8 Å². The van der Waals surface area contributed by atoms with Gasteiger partial charge in [0.2, 0.25) is 0 Å². The number of benzene rings is 1. The van der Waals surface area contributed by atoms with E-state index in [1.165, 1.54) is 5.56 Å². The molecule has 0 aliphatic rings. The molecule has 20 heavy (non-hydrogen) atoms. The Kier molecular flexibility index (Phi) is 4.68. The van der Waals surface area contributed by atoms with Gasteiger partial charge in [-0.2, -0.15) is 0 Å². The van der Waals surface area contributed by atoms with Crippen LogP contribution in [-0.2, 0) is 5.75 Å². The van der Waals surface area contributed by atoms with Crippen LogP contribution in [0.5, 0.6) is 0 Å². The maximum Gasteiger partial charge on any atom is 0.122 e. The summed E-state index contributed by atoms with van der Waals surface area (Å²) >= 11 is 7.87. The largest absolute Gasteiger partial charge is 0.384 e. The van der Waals surface area contributed by atoms with Crippen molar-refractivity contribution in [3.8, 4) is 0 Å². The highest BCUT2D eigenvalue weighted by molar-refractivity contribution is 7.98. The molecular formula is C15H16ClN3S. The van der Waals surface area contributed by atoms with E-state index in [9.17, 15) is 0 Å². The fourth-order valence-electron chi connectivity index (χ4n) is 1.86. The molecule has 3 N–H and O–H groups in total. The van der Waals surface area contributed by atoms with Crippen molar-refractivity contribution in [1.82, 2.24) is 4.98 Å². The highest BCUT2D eigenvalue weighted by Gasteiger charge is 2.06. The molecule has 0 aliphatic carbocycles. The van der Waals surface area contributed by atoms with E-state index in [1.54, 1.807) is 17.8 Å². The maximum atomic E-state index is 7.39. The third-order valence-electron chi connectivity index (χ3n) is 2.81. The lowest BCUT2D eigenvalue weighted by molar-refractivity contribution is 1.05. The molecule has 1 aromatic heterocycles. The molecule has 2 aromatic rings. The Balaban J connectivity index is 2.12. The van der Waals surface area contributed by atoms with Crippen molar-refractivity contribution >= 4 is 29.2 Å². The Hall–Kier alpha value is -1.52. The summed E-state index contributed by atoms with van der Waals surface area (Å²) in [4.78, 5) is 4.49. The molecule has 0 unspecified atom stereocenters. The summed E-state index contributed by atoms with van der Waals surface area (Å²) in [6, 6.07) is 9.58. The normalized spacial score (nSPS) is 10.6. The number of pyridine rings is 1. The number of nitrogens with zero attached hydrogens (tertiary/aromatic N) is 1. The minimum absolute atomic E-state index is 0.0297. The molecule has 104 valence electrons. The highest BCUT2D eigenvalue weighted by atomic mass is 35.5. The second-order valence-electron chi connectivity index (χ2n) is 4.63. The summed E-state index contributed by atoms with van der Waals surface area (Å²) in [5.41, 5.74) is 9.33. The van der Waals surface area contributed by atoms with E-state index in [-0.39, 0.29) is 5.84 Å². The number of aryl methyl sites for hydroxylation is 2. The number of aromatic nitrogens is 1. The van der Waals surface area contributed by atoms with Crippen LogP contribution in [0.25, 0.3) is 0 Å². The molecule has 0 radical (unpaired) electrons. The highest BCUT2D eigenvalue weighted by Crippen LogP contribution is 2.27. The Morgan fingerprint density at radius 1 is 1.30 bits per heavy atom. The van der Waals surface area contributed by atoms with E-state index >= 15 is 0 Å². The summed E-state index contributed by atoms with van der Waals surface area (Å²) in [5, 5.41) is 9.02. The van der Waals surface area contributed by atoms with E-state index in [0.29, 0.717) is 10.6 Å². The summed E-state index contributed by atoms with van der Waals surface area (Å²) in [7, 11) is 0. The number of rotatable bonds is 4. The van der Waals surface area contributed by atoms with E-state index in [0.717, 1.165) is 22.0 Å². The first-order valence-electron chi connectivity index (χ1n) is 6.16. The van der Waals surface area contributed by atoms with Crippen molar-refractivity contribution < 1.29 is 0 Å². The zero-order valence-corrected chi connectivity index (χ0v) is 13.0. The quantitative estimate of drug-likeness (QED) is 0.511. The van der Waals surface area contributed by atoms with Crippen LogP contribution in [0.4, 0.5) is 0 Å². The fourth-order valence-corrected chi connectivity index (χ4v) is 3.22. The Morgan fingerprint density at radius 3 is 2.65 bits per heavy atom. The van der Waals surface area contributed by atoms with E-state index in [4.69, 9.17) is 22.7 Å². The van der Waals surface area contributed by atoms with Crippen LogP contribution < -0.4 is 5.73 Å². The molecule has 0 amide bonds. The molecule has 0 saturated heterocycles. The van der Waals surface area contributed by atoms with E-state index in [2.05, 4.69) is 24.0 Å². The van der Waals surface area contributed by atoms with Gasteiger partial charge in [0.05, 0.1) is 5.03 Å². The first-order chi connectivity index (χ1) is 9.45. The molecule has 0 fully saturated rings. The Labute approximate surface area is 128 Å². The van der Waals surface area contributed by atoms with Gasteiger partial charge < -0.3 is 5.73 Å². The number of nitrogens with two attached hydrogens (primary N) is 1.